The molecule has 0 saturated heterocycles. The molecule has 1 rings (SSSR count). The van der Waals surface area contributed by atoms with E-state index in [1.807, 2.05) is 18.2 Å². The molecule has 0 spiro atoms. The Morgan fingerprint density at radius 3 is 2.52 bits per heavy atom. The Balaban J connectivity index is 0.00000400. The number of nitrogens with one attached hydrogen (secondary N) is 2. The van der Waals surface area contributed by atoms with Crippen LogP contribution >= 0.6 is 24.0 Å². The molecular weight excluding hydrogens is 381 g/mol. The highest BCUT2D eigenvalue weighted by atomic mass is 127. The van der Waals surface area contributed by atoms with E-state index in [1.165, 1.54) is 12.7 Å². The number of aliphatic imine (C=N–C) groups is 1. The van der Waals surface area contributed by atoms with Crippen LogP contribution in [0.2, 0.25) is 0 Å². The molecule has 0 radical (unpaired) electrons. The van der Waals surface area contributed by atoms with Gasteiger partial charge in [0.2, 0.25) is 0 Å². The maximum atomic E-state index is 10.9. The molecule has 0 bridgehead atoms. The molecule has 1 aromatic carbocycles. The molecule has 0 aromatic heterocycles. The van der Waals surface area contributed by atoms with Crippen molar-refractivity contribution in [3.63, 3.8) is 0 Å². The molecule has 6 heteroatoms. The van der Waals surface area contributed by atoms with Gasteiger partial charge in [-0.3, -0.25) is 9.79 Å². The van der Waals surface area contributed by atoms with Crippen LogP contribution in [-0.4, -0.2) is 32.6 Å². The van der Waals surface area contributed by atoms with Gasteiger partial charge in [-0.05, 0) is 18.4 Å². The molecule has 5 nitrogen and oxygen atoms in total. The van der Waals surface area contributed by atoms with E-state index >= 15 is 0 Å². The standard InChI is InChI=1S/C15H23N3O2.HI/c1-16-15(17-11-7-6-10-14(19)20-2)18-12-13-8-4-3-5-9-13;/h3-5,8-9H,6-7,10-12H2,1-2H3,(H2,16,17,18);1H. The zero-order valence-corrected chi connectivity index (χ0v) is 14.9. The maximum absolute atomic E-state index is 10.9. The number of unbranched alkanes of at least 4 members (excludes halogenated alkanes) is 1. The average molecular weight is 405 g/mol. The molecule has 21 heavy (non-hydrogen) atoms. The topological polar surface area (TPSA) is 62.7 Å². The van der Waals surface area contributed by atoms with Crippen molar-refractivity contribution in [2.75, 3.05) is 20.7 Å². The predicted molar refractivity (Wildman–Crippen MR) is 95.9 cm³/mol. The van der Waals surface area contributed by atoms with Crippen LogP contribution < -0.4 is 10.6 Å². The summed E-state index contributed by atoms with van der Waals surface area (Å²) in [6, 6.07) is 10.2. The number of carbonyl (C=O) groups is 1. The van der Waals surface area contributed by atoms with Crippen molar-refractivity contribution in [1.82, 2.24) is 10.6 Å². The number of benzene rings is 1. The SMILES string of the molecule is CN=C(NCCCCC(=O)OC)NCc1ccccc1.I. The number of methoxy groups -OCH3 is 1. The Hall–Kier alpha value is -1.31. The Kier molecular flexibility index (Phi) is 11.7. The minimum absolute atomic E-state index is 0. The lowest BCUT2D eigenvalue weighted by Gasteiger charge is -2.11. The first-order valence-electron chi connectivity index (χ1n) is 6.81. The molecule has 2 N–H and O–H groups in total. The highest BCUT2D eigenvalue weighted by Gasteiger charge is 2.00. The van der Waals surface area contributed by atoms with Crippen molar-refractivity contribution >= 4 is 35.9 Å². The Morgan fingerprint density at radius 2 is 1.90 bits per heavy atom. The van der Waals surface area contributed by atoms with Gasteiger partial charge in [0, 0.05) is 26.6 Å². The lowest BCUT2D eigenvalue weighted by molar-refractivity contribution is -0.140. The van der Waals surface area contributed by atoms with E-state index in [4.69, 9.17) is 0 Å². The van der Waals surface area contributed by atoms with Gasteiger partial charge >= 0.3 is 5.97 Å². The molecule has 0 fully saturated rings. The van der Waals surface area contributed by atoms with E-state index in [9.17, 15) is 4.79 Å². The first-order valence-corrected chi connectivity index (χ1v) is 6.81. The second kappa shape index (κ2) is 12.4. The first kappa shape index (κ1) is 19.7. The van der Waals surface area contributed by atoms with Gasteiger partial charge in [0.15, 0.2) is 5.96 Å². The fourth-order valence-corrected chi connectivity index (χ4v) is 1.71. The second-order valence-corrected chi connectivity index (χ2v) is 4.37. The summed E-state index contributed by atoms with van der Waals surface area (Å²) in [4.78, 5) is 15.1. The van der Waals surface area contributed by atoms with Gasteiger partial charge in [-0.15, -0.1) is 24.0 Å². The van der Waals surface area contributed by atoms with E-state index in [1.54, 1.807) is 7.05 Å². The third-order valence-corrected chi connectivity index (χ3v) is 2.85. The summed E-state index contributed by atoms with van der Waals surface area (Å²) < 4.78 is 4.59. The smallest absolute Gasteiger partial charge is 0.305 e. The Labute approximate surface area is 143 Å². The molecule has 0 saturated carbocycles. The summed E-state index contributed by atoms with van der Waals surface area (Å²) in [6.07, 6.45) is 2.19. The molecule has 0 heterocycles. The van der Waals surface area contributed by atoms with Crippen molar-refractivity contribution in [3.8, 4) is 0 Å². The molecule has 0 amide bonds. The summed E-state index contributed by atoms with van der Waals surface area (Å²) in [6.45, 7) is 1.52. The number of hydrogen-bond donors (Lipinski definition) is 2. The van der Waals surface area contributed by atoms with Crippen molar-refractivity contribution in [3.05, 3.63) is 35.9 Å². The number of ether oxygens (including phenoxy) is 1. The fourth-order valence-electron chi connectivity index (χ4n) is 1.71. The highest BCUT2D eigenvalue weighted by Crippen LogP contribution is 1.97. The number of halogens is 1. The molecule has 0 aliphatic carbocycles. The maximum Gasteiger partial charge on any atom is 0.305 e. The predicted octanol–water partition coefficient (Wildman–Crippen LogP) is 2.31. The summed E-state index contributed by atoms with van der Waals surface area (Å²) >= 11 is 0. The van der Waals surface area contributed by atoms with Crippen LogP contribution in [-0.2, 0) is 16.1 Å². The van der Waals surface area contributed by atoms with Crippen molar-refractivity contribution in [2.24, 2.45) is 4.99 Å². The van der Waals surface area contributed by atoms with E-state index in [0.717, 1.165) is 31.9 Å². The third kappa shape index (κ3) is 9.28. The summed E-state index contributed by atoms with van der Waals surface area (Å²) in [5.41, 5.74) is 1.21. The van der Waals surface area contributed by atoms with Gasteiger partial charge in [0.05, 0.1) is 7.11 Å². The van der Waals surface area contributed by atoms with Crippen LogP contribution in [0.25, 0.3) is 0 Å². The molecule has 1 aromatic rings. The van der Waals surface area contributed by atoms with Crippen molar-refractivity contribution < 1.29 is 9.53 Å². The zero-order valence-electron chi connectivity index (χ0n) is 12.6. The molecular formula is C15H24IN3O2. The average Bonchev–Trinajstić information content (AvgIpc) is 2.50. The summed E-state index contributed by atoms with van der Waals surface area (Å²) in [5.74, 6) is 0.614. The van der Waals surface area contributed by atoms with Crippen molar-refractivity contribution in [2.45, 2.75) is 25.8 Å². The molecule has 0 atom stereocenters. The fraction of sp³-hybridized carbons (Fsp3) is 0.467. The number of guanidine groups is 1. The number of hydrogen-bond acceptors (Lipinski definition) is 3. The quantitative estimate of drug-likeness (QED) is 0.240. The first-order chi connectivity index (χ1) is 9.76. The van der Waals surface area contributed by atoms with Gasteiger partial charge in [-0.2, -0.15) is 0 Å². The monoisotopic (exact) mass is 405 g/mol. The number of nitrogens with zero attached hydrogens (tertiary/aromatic N) is 1. The summed E-state index contributed by atoms with van der Waals surface area (Å²) in [7, 11) is 3.16. The van der Waals surface area contributed by atoms with Gasteiger partial charge in [0.1, 0.15) is 0 Å². The van der Waals surface area contributed by atoms with Crippen LogP contribution in [0.15, 0.2) is 35.3 Å². The van der Waals surface area contributed by atoms with E-state index in [2.05, 4.69) is 32.5 Å². The van der Waals surface area contributed by atoms with Gasteiger partial charge in [-0.1, -0.05) is 30.3 Å². The molecule has 118 valence electrons. The molecule has 0 aliphatic rings. The summed E-state index contributed by atoms with van der Waals surface area (Å²) in [5, 5.41) is 6.46. The zero-order chi connectivity index (χ0) is 14.6. The highest BCUT2D eigenvalue weighted by molar-refractivity contribution is 14.0. The van der Waals surface area contributed by atoms with Crippen LogP contribution in [0.5, 0.6) is 0 Å². The Bertz CT molecular complexity index is 424. The molecule has 0 aliphatic heterocycles. The lowest BCUT2D eigenvalue weighted by Crippen LogP contribution is -2.37. The minimum Gasteiger partial charge on any atom is -0.469 e. The van der Waals surface area contributed by atoms with Crippen LogP contribution in [0.4, 0.5) is 0 Å². The Morgan fingerprint density at radius 1 is 1.19 bits per heavy atom. The van der Waals surface area contributed by atoms with Gasteiger partial charge < -0.3 is 15.4 Å². The van der Waals surface area contributed by atoms with E-state index < -0.39 is 0 Å². The van der Waals surface area contributed by atoms with E-state index in [0.29, 0.717) is 6.42 Å². The normalized spacial score (nSPS) is 10.5. The van der Waals surface area contributed by atoms with Crippen LogP contribution in [0.3, 0.4) is 0 Å². The van der Waals surface area contributed by atoms with Crippen molar-refractivity contribution in [1.29, 1.82) is 0 Å². The van der Waals surface area contributed by atoms with Crippen LogP contribution in [0.1, 0.15) is 24.8 Å². The lowest BCUT2D eigenvalue weighted by atomic mass is 10.2. The minimum atomic E-state index is -0.156. The van der Waals surface area contributed by atoms with Gasteiger partial charge in [0.25, 0.3) is 0 Å². The van der Waals surface area contributed by atoms with Crippen LogP contribution in [0, 0.1) is 0 Å². The molecule has 0 unspecified atom stereocenters. The third-order valence-electron chi connectivity index (χ3n) is 2.85. The number of rotatable bonds is 7. The second-order valence-electron chi connectivity index (χ2n) is 4.37. The number of carbonyl (C=O) groups excluding carboxylic acids is 1. The number of esters is 1. The van der Waals surface area contributed by atoms with E-state index in [-0.39, 0.29) is 29.9 Å². The van der Waals surface area contributed by atoms with Gasteiger partial charge in [-0.25, -0.2) is 0 Å². The largest absolute Gasteiger partial charge is 0.469 e.